The van der Waals surface area contributed by atoms with Gasteiger partial charge < -0.3 is 33.2 Å². The van der Waals surface area contributed by atoms with Gasteiger partial charge in [0.05, 0.1) is 108 Å². The number of hydrogen-bond donors (Lipinski definition) is 0. The maximum absolute atomic E-state index is 14.7. The number of nitriles is 1. The average molecular weight is 712 g/mol. The quantitative estimate of drug-likeness (QED) is 0.0770. The minimum absolute atomic E-state index is 0.0128. The summed E-state index contributed by atoms with van der Waals surface area (Å²) in [4.78, 5) is 29.8. The van der Waals surface area contributed by atoms with Gasteiger partial charge in [0, 0.05) is 13.5 Å². The Morgan fingerprint density at radius 2 is 1.48 bits per heavy atom. The van der Waals surface area contributed by atoms with Crippen LogP contribution in [0.3, 0.4) is 0 Å². The van der Waals surface area contributed by atoms with Gasteiger partial charge in [0.2, 0.25) is 11.9 Å². The van der Waals surface area contributed by atoms with E-state index in [0.717, 1.165) is 13.7 Å². The van der Waals surface area contributed by atoms with Gasteiger partial charge in [-0.3, -0.25) is 9.59 Å². The zero-order chi connectivity index (χ0) is 30.7. The van der Waals surface area contributed by atoms with Crippen LogP contribution in [0.25, 0.3) is 11.0 Å². The van der Waals surface area contributed by atoms with E-state index in [-0.39, 0.29) is 43.0 Å². The number of imidazole rings is 1. The lowest BCUT2D eigenvalue weighted by molar-refractivity contribution is -0.145. The largest absolute Gasteiger partial charge is 0.444 e. The summed E-state index contributed by atoms with van der Waals surface area (Å²) in [5.41, 5.74) is -1.16. The molecule has 0 aliphatic rings. The van der Waals surface area contributed by atoms with Crippen LogP contribution >= 0.6 is 22.9 Å². The lowest BCUT2D eigenvalue weighted by Gasteiger charge is -2.20. The van der Waals surface area contributed by atoms with Crippen LogP contribution < -0.4 is 4.90 Å². The lowest BCUT2D eigenvalue weighted by atomic mass is 10.2. The average Bonchev–Trinajstić information content (AvgIpc) is 3.33. The minimum atomic E-state index is -0.974. The molecule has 0 atom stereocenters. The van der Waals surface area contributed by atoms with Crippen molar-refractivity contribution in [3.05, 3.63) is 23.3 Å². The van der Waals surface area contributed by atoms with Gasteiger partial charge in [0.1, 0.15) is 17.1 Å². The van der Waals surface area contributed by atoms with Gasteiger partial charge in [-0.15, -0.1) is 0 Å². The number of ether oxygens (including phenoxy) is 7. The number of methoxy groups -OCH3 is 1. The maximum Gasteiger partial charge on any atom is 0.309 e. The number of halogens is 3. The van der Waals surface area contributed by atoms with Gasteiger partial charge in [-0.2, -0.15) is 5.26 Å². The topological polar surface area (TPSA) is 144 Å². The predicted molar refractivity (Wildman–Crippen MR) is 153 cm³/mol. The van der Waals surface area contributed by atoms with Crippen molar-refractivity contribution in [3.63, 3.8) is 0 Å². The van der Waals surface area contributed by atoms with Crippen molar-refractivity contribution >= 4 is 51.7 Å². The second-order valence-corrected chi connectivity index (χ2v) is 9.31. The number of benzene rings is 1. The highest BCUT2D eigenvalue weighted by molar-refractivity contribution is 14.1. The molecule has 0 aliphatic carbocycles. The molecule has 1 heterocycles. The van der Waals surface area contributed by atoms with E-state index in [1.165, 1.54) is 0 Å². The zero-order valence-corrected chi connectivity index (χ0v) is 25.7. The van der Waals surface area contributed by atoms with E-state index in [1.807, 2.05) is 0 Å². The number of carbonyl (C=O) groups is 2. The number of nitrogens with zero attached hydrogens (tertiary/aromatic N) is 4. The molecule has 0 aliphatic heterocycles. The van der Waals surface area contributed by atoms with Gasteiger partial charge in [0.15, 0.2) is 18.4 Å². The third kappa shape index (κ3) is 11.6. The molecule has 0 fully saturated rings. The minimum Gasteiger partial charge on any atom is -0.444 e. The molecule has 2 aromatic rings. The number of anilines is 1. The molecule has 234 valence electrons. The second-order valence-electron chi connectivity index (χ2n) is 8.35. The Hall–Kier alpha value is -2.53. The molecule has 1 aromatic heterocycles. The smallest absolute Gasteiger partial charge is 0.309 e. The highest BCUT2D eigenvalue weighted by Crippen LogP contribution is 2.31. The van der Waals surface area contributed by atoms with E-state index in [1.54, 1.807) is 43.0 Å². The molecule has 0 bridgehead atoms. The summed E-state index contributed by atoms with van der Waals surface area (Å²) in [7, 11) is 1.61. The van der Waals surface area contributed by atoms with Crippen LogP contribution in [0.4, 0.5) is 14.7 Å². The van der Waals surface area contributed by atoms with Crippen molar-refractivity contribution in [2.75, 3.05) is 91.4 Å². The van der Waals surface area contributed by atoms with Crippen LogP contribution in [-0.2, 0) is 42.7 Å². The molecule has 0 N–H and O–H groups in total. The van der Waals surface area contributed by atoms with Crippen LogP contribution in [0.5, 0.6) is 0 Å². The number of esters is 1. The van der Waals surface area contributed by atoms with E-state index < -0.39 is 35.8 Å². The molecule has 0 saturated heterocycles. The van der Waals surface area contributed by atoms with Crippen molar-refractivity contribution in [1.29, 1.82) is 5.26 Å². The number of fused-ring (bicyclic) bond motifs is 1. The molecule has 1 aromatic carbocycles. The van der Waals surface area contributed by atoms with Crippen LogP contribution in [-0.4, -0.2) is 106 Å². The fourth-order valence-corrected chi connectivity index (χ4v) is 4.11. The van der Waals surface area contributed by atoms with Crippen LogP contribution in [0, 0.1) is 23.0 Å². The normalized spacial score (nSPS) is 11.1. The van der Waals surface area contributed by atoms with E-state index in [2.05, 4.69) is 4.98 Å². The number of hydrogen-bond acceptors (Lipinski definition) is 11. The molecule has 0 spiro atoms. The van der Waals surface area contributed by atoms with E-state index in [9.17, 15) is 18.4 Å². The number of rotatable bonds is 22. The standard InChI is InChI=1S/C26H35F2IN4O9/c1-3-21(34)32(26-31-24-20(27)16-19(17-30)23(28)25(24)33(26)29)18-42-22(35)4-5-37-8-9-39-12-13-41-15-14-40-11-10-38-7-6-36-2/h16H,3-15,18H2,1-2H3. The third-order valence-corrected chi connectivity index (χ3v) is 6.35. The first kappa shape index (κ1) is 35.7. The molecule has 2 rings (SSSR count). The second kappa shape index (κ2) is 20.4. The van der Waals surface area contributed by atoms with Crippen molar-refractivity contribution in [2.45, 2.75) is 19.8 Å². The summed E-state index contributed by atoms with van der Waals surface area (Å²) in [5.74, 6) is -3.19. The van der Waals surface area contributed by atoms with Gasteiger partial charge >= 0.3 is 5.97 Å². The molecular weight excluding hydrogens is 677 g/mol. The van der Waals surface area contributed by atoms with Crippen molar-refractivity contribution < 1.29 is 51.5 Å². The molecule has 16 heteroatoms. The van der Waals surface area contributed by atoms with Gasteiger partial charge in [-0.05, 0) is 6.07 Å². The van der Waals surface area contributed by atoms with Crippen LogP contribution in [0.1, 0.15) is 25.3 Å². The van der Waals surface area contributed by atoms with Gasteiger partial charge in [0.25, 0.3) is 0 Å². The van der Waals surface area contributed by atoms with E-state index in [4.69, 9.17) is 38.4 Å². The Morgan fingerprint density at radius 1 is 0.952 bits per heavy atom. The van der Waals surface area contributed by atoms with Crippen LogP contribution in [0.2, 0.25) is 0 Å². The summed E-state index contributed by atoms with van der Waals surface area (Å²) < 4.78 is 67.1. The fourth-order valence-electron chi connectivity index (χ4n) is 3.30. The molecule has 0 saturated carbocycles. The molecule has 13 nitrogen and oxygen atoms in total. The first-order chi connectivity index (χ1) is 20.3. The first-order valence-corrected chi connectivity index (χ1v) is 14.1. The summed E-state index contributed by atoms with van der Waals surface area (Å²) in [5, 5.41) is 9.05. The summed E-state index contributed by atoms with van der Waals surface area (Å²) in [6, 6.07) is 2.31. The number of carbonyl (C=O) groups excluding carboxylic acids is 2. The van der Waals surface area contributed by atoms with Crippen molar-refractivity contribution in [1.82, 2.24) is 7.76 Å². The molecule has 0 unspecified atom stereocenters. The van der Waals surface area contributed by atoms with Gasteiger partial charge in [-0.1, -0.05) is 6.92 Å². The molecular formula is C26H35F2IN4O9. The molecule has 0 radical (unpaired) electrons. The molecule has 42 heavy (non-hydrogen) atoms. The van der Waals surface area contributed by atoms with E-state index >= 15 is 0 Å². The summed E-state index contributed by atoms with van der Waals surface area (Å²) in [6.45, 7) is 5.40. The highest BCUT2D eigenvalue weighted by Gasteiger charge is 2.27. The Balaban J connectivity index is 1.63. The SMILES string of the molecule is CCC(=O)N(COC(=O)CCOCCOCCOCCOCCOCCOC)c1nc2c(F)cc(C#N)c(F)c2n1I. The van der Waals surface area contributed by atoms with E-state index in [0.29, 0.717) is 59.5 Å². The highest BCUT2D eigenvalue weighted by atomic mass is 127. The monoisotopic (exact) mass is 712 g/mol. The third-order valence-electron chi connectivity index (χ3n) is 5.44. The first-order valence-electron chi connectivity index (χ1n) is 13.2. The summed E-state index contributed by atoms with van der Waals surface area (Å²) >= 11 is 1.64. The predicted octanol–water partition coefficient (Wildman–Crippen LogP) is 2.75. The van der Waals surface area contributed by atoms with Crippen LogP contribution in [0.15, 0.2) is 6.07 Å². The Labute approximate surface area is 256 Å². The number of aromatic nitrogens is 2. The Bertz CT molecular complexity index is 1180. The number of amides is 1. The Morgan fingerprint density at radius 3 is 1.98 bits per heavy atom. The fraction of sp³-hybridized carbons (Fsp3) is 0.615. The lowest BCUT2D eigenvalue weighted by Crippen LogP contribution is -2.35. The zero-order valence-electron chi connectivity index (χ0n) is 23.6. The maximum atomic E-state index is 14.7. The van der Waals surface area contributed by atoms with Gasteiger partial charge in [-0.25, -0.2) is 21.4 Å². The van der Waals surface area contributed by atoms with Crippen molar-refractivity contribution in [2.24, 2.45) is 0 Å². The summed E-state index contributed by atoms with van der Waals surface area (Å²) in [6.07, 6.45) is -0.0804. The Kier molecular flexibility index (Phi) is 17.3. The molecule has 1 amide bonds. The van der Waals surface area contributed by atoms with Crippen molar-refractivity contribution in [3.8, 4) is 6.07 Å².